The second-order valence-electron chi connectivity index (χ2n) is 5.53. The number of fused-ring (bicyclic) bond motifs is 1. The number of benzene rings is 3. The van der Waals surface area contributed by atoms with E-state index in [4.69, 9.17) is 4.74 Å². The summed E-state index contributed by atoms with van der Waals surface area (Å²) in [5.74, 6) is 0.376. The monoisotopic (exact) mass is 321 g/mol. The van der Waals surface area contributed by atoms with E-state index in [1.165, 1.54) is 0 Å². The Morgan fingerprint density at radius 2 is 1.67 bits per heavy atom. The van der Waals surface area contributed by atoms with Crippen molar-refractivity contribution >= 4 is 16.7 Å². The van der Waals surface area contributed by atoms with Crippen LogP contribution in [0.4, 0.5) is 0 Å². The standard InChI is InChI=1S/C20H19NO3/c22-19(17-11-10-15-6-4-5-7-16(15)12-17)13-21-20(23)14-24-18-8-2-1-3-9-18/h1-12,19,22H,13-14H2,(H,21,23). The molecule has 24 heavy (non-hydrogen) atoms. The van der Waals surface area contributed by atoms with E-state index in [-0.39, 0.29) is 19.1 Å². The Hall–Kier alpha value is -2.85. The molecule has 0 saturated heterocycles. The van der Waals surface area contributed by atoms with Crippen molar-refractivity contribution in [1.29, 1.82) is 0 Å². The number of rotatable bonds is 6. The molecule has 2 N–H and O–H groups in total. The highest BCUT2D eigenvalue weighted by Gasteiger charge is 2.10. The van der Waals surface area contributed by atoms with Crippen LogP contribution < -0.4 is 10.1 Å². The Balaban J connectivity index is 1.52. The predicted octanol–water partition coefficient (Wildman–Crippen LogP) is 3.07. The van der Waals surface area contributed by atoms with E-state index in [9.17, 15) is 9.90 Å². The molecule has 3 rings (SSSR count). The van der Waals surface area contributed by atoms with E-state index in [2.05, 4.69) is 5.32 Å². The lowest BCUT2D eigenvalue weighted by molar-refractivity contribution is -0.123. The first-order chi connectivity index (χ1) is 11.7. The third-order valence-corrected chi connectivity index (χ3v) is 3.76. The fourth-order valence-electron chi connectivity index (χ4n) is 2.46. The van der Waals surface area contributed by atoms with Gasteiger partial charge in [-0.05, 0) is 34.5 Å². The minimum absolute atomic E-state index is 0.0749. The molecule has 1 amide bonds. The number of nitrogens with one attached hydrogen (secondary N) is 1. The minimum atomic E-state index is -0.754. The maximum atomic E-state index is 11.8. The molecule has 0 aliphatic rings. The Labute approximate surface area is 140 Å². The molecule has 4 nitrogen and oxygen atoms in total. The van der Waals surface area contributed by atoms with Crippen molar-refractivity contribution in [2.75, 3.05) is 13.2 Å². The van der Waals surface area contributed by atoms with Crippen LogP contribution >= 0.6 is 0 Å². The fourth-order valence-corrected chi connectivity index (χ4v) is 2.46. The van der Waals surface area contributed by atoms with Gasteiger partial charge in [0.15, 0.2) is 6.61 Å². The molecule has 122 valence electrons. The van der Waals surface area contributed by atoms with Crippen molar-refractivity contribution in [2.24, 2.45) is 0 Å². The number of hydrogen-bond donors (Lipinski definition) is 2. The summed E-state index contributed by atoms with van der Waals surface area (Å²) in [6.07, 6.45) is -0.754. The molecule has 0 heterocycles. The molecule has 1 unspecified atom stereocenters. The molecule has 1 atom stereocenters. The van der Waals surface area contributed by atoms with Crippen LogP contribution in [0, 0.1) is 0 Å². The van der Waals surface area contributed by atoms with Crippen molar-refractivity contribution in [3.63, 3.8) is 0 Å². The number of ether oxygens (including phenoxy) is 1. The van der Waals surface area contributed by atoms with Crippen LogP contribution in [0.2, 0.25) is 0 Å². The Morgan fingerprint density at radius 1 is 0.958 bits per heavy atom. The third-order valence-electron chi connectivity index (χ3n) is 3.76. The minimum Gasteiger partial charge on any atom is -0.484 e. The summed E-state index contributed by atoms with van der Waals surface area (Å²) >= 11 is 0. The van der Waals surface area contributed by atoms with Gasteiger partial charge in [-0.1, -0.05) is 54.6 Å². The highest BCUT2D eigenvalue weighted by molar-refractivity contribution is 5.83. The summed E-state index contributed by atoms with van der Waals surface area (Å²) in [4.78, 5) is 11.8. The SMILES string of the molecule is O=C(COc1ccccc1)NCC(O)c1ccc2ccccc2c1. The molecule has 0 saturated carbocycles. The Bertz CT molecular complexity index is 817. The molecule has 0 radical (unpaired) electrons. The lowest BCUT2D eigenvalue weighted by Crippen LogP contribution is -2.32. The number of carbonyl (C=O) groups is 1. The number of aliphatic hydroxyl groups excluding tert-OH is 1. The summed E-state index contributed by atoms with van der Waals surface area (Å²) in [6.45, 7) is 0.0732. The van der Waals surface area contributed by atoms with E-state index in [1.54, 1.807) is 12.1 Å². The first kappa shape index (κ1) is 16.0. The molecule has 0 fully saturated rings. The normalized spacial score (nSPS) is 11.9. The summed E-state index contributed by atoms with van der Waals surface area (Å²) in [7, 11) is 0. The van der Waals surface area contributed by atoms with Gasteiger partial charge in [0.05, 0.1) is 6.10 Å². The first-order valence-corrected chi connectivity index (χ1v) is 7.84. The van der Waals surface area contributed by atoms with Crippen LogP contribution in [-0.4, -0.2) is 24.2 Å². The summed E-state index contributed by atoms with van der Waals surface area (Å²) < 4.78 is 5.37. The maximum Gasteiger partial charge on any atom is 0.258 e. The van der Waals surface area contributed by atoms with Crippen LogP contribution in [-0.2, 0) is 4.79 Å². The smallest absolute Gasteiger partial charge is 0.258 e. The molecular weight excluding hydrogens is 302 g/mol. The summed E-state index contributed by atoms with van der Waals surface area (Å²) in [5, 5.41) is 15.1. The molecule has 0 aliphatic carbocycles. The average molecular weight is 321 g/mol. The Kier molecular flexibility index (Phi) is 5.08. The van der Waals surface area contributed by atoms with E-state index >= 15 is 0 Å². The zero-order chi connectivity index (χ0) is 16.8. The van der Waals surface area contributed by atoms with Crippen molar-refractivity contribution < 1.29 is 14.6 Å². The van der Waals surface area contributed by atoms with E-state index in [1.807, 2.05) is 60.7 Å². The molecule has 0 aromatic heterocycles. The summed E-state index contributed by atoms with van der Waals surface area (Å²) in [6, 6.07) is 22.9. The van der Waals surface area contributed by atoms with Gasteiger partial charge in [0, 0.05) is 6.54 Å². The number of hydrogen-bond acceptors (Lipinski definition) is 3. The van der Waals surface area contributed by atoms with Crippen LogP contribution in [0.5, 0.6) is 5.75 Å². The lowest BCUT2D eigenvalue weighted by Gasteiger charge is -2.13. The van der Waals surface area contributed by atoms with Crippen molar-refractivity contribution in [3.8, 4) is 5.75 Å². The molecule has 3 aromatic rings. The topological polar surface area (TPSA) is 58.6 Å². The van der Waals surface area contributed by atoms with Crippen LogP contribution in [0.1, 0.15) is 11.7 Å². The van der Waals surface area contributed by atoms with Gasteiger partial charge in [-0.25, -0.2) is 0 Å². The molecule has 3 aromatic carbocycles. The largest absolute Gasteiger partial charge is 0.484 e. The zero-order valence-electron chi connectivity index (χ0n) is 13.2. The molecule has 0 bridgehead atoms. The first-order valence-electron chi connectivity index (χ1n) is 7.84. The van der Waals surface area contributed by atoms with Gasteiger partial charge in [0.25, 0.3) is 5.91 Å². The highest BCUT2D eigenvalue weighted by atomic mass is 16.5. The summed E-state index contributed by atoms with van der Waals surface area (Å²) in [5.41, 5.74) is 0.776. The molecule has 4 heteroatoms. The second kappa shape index (κ2) is 7.62. The molecule has 0 spiro atoms. The predicted molar refractivity (Wildman–Crippen MR) is 93.9 cm³/mol. The molecular formula is C20H19NO3. The fraction of sp³-hybridized carbons (Fsp3) is 0.150. The van der Waals surface area contributed by atoms with Gasteiger partial charge >= 0.3 is 0 Å². The maximum absolute atomic E-state index is 11.8. The van der Waals surface area contributed by atoms with Gasteiger partial charge < -0.3 is 15.2 Å². The van der Waals surface area contributed by atoms with Gasteiger partial charge in [0.1, 0.15) is 5.75 Å². The highest BCUT2D eigenvalue weighted by Crippen LogP contribution is 2.20. The zero-order valence-corrected chi connectivity index (χ0v) is 13.2. The van der Waals surface area contributed by atoms with Crippen molar-refractivity contribution in [2.45, 2.75) is 6.10 Å². The molecule has 0 aliphatic heterocycles. The number of para-hydroxylation sites is 1. The average Bonchev–Trinajstić information content (AvgIpc) is 2.65. The van der Waals surface area contributed by atoms with Crippen LogP contribution in [0.3, 0.4) is 0 Å². The van der Waals surface area contributed by atoms with Crippen molar-refractivity contribution in [3.05, 3.63) is 78.4 Å². The van der Waals surface area contributed by atoms with Gasteiger partial charge in [-0.3, -0.25) is 4.79 Å². The van der Waals surface area contributed by atoms with Gasteiger partial charge in [0.2, 0.25) is 0 Å². The van der Waals surface area contributed by atoms with E-state index in [0.717, 1.165) is 16.3 Å². The van der Waals surface area contributed by atoms with Crippen molar-refractivity contribution in [1.82, 2.24) is 5.32 Å². The van der Waals surface area contributed by atoms with Crippen LogP contribution in [0.25, 0.3) is 10.8 Å². The number of amides is 1. The third kappa shape index (κ3) is 4.12. The second-order valence-corrected chi connectivity index (χ2v) is 5.53. The number of aliphatic hydroxyl groups is 1. The Morgan fingerprint density at radius 3 is 2.46 bits per heavy atom. The van der Waals surface area contributed by atoms with E-state index in [0.29, 0.717) is 5.75 Å². The van der Waals surface area contributed by atoms with Crippen LogP contribution in [0.15, 0.2) is 72.8 Å². The quantitative estimate of drug-likeness (QED) is 0.733. The van der Waals surface area contributed by atoms with Gasteiger partial charge in [-0.15, -0.1) is 0 Å². The van der Waals surface area contributed by atoms with E-state index < -0.39 is 6.10 Å². The van der Waals surface area contributed by atoms with Gasteiger partial charge in [-0.2, -0.15) is 0 Å². The number of carbonyl (C=O) groups excluding carboxylic acids is 1. The lowest BCUT2D eigenvalue weighted by atomic mass is 10.0.